The lowest BCUT2D eigenvalue weighted by molar-refractivity contribution is -0.139. The summed E-state index contributed by atoms with van der Waals surface area (Å²) in [4.78, 5) is 28.6. The van der Waals surface area contributed by atoms with E-state index in [9.17, 15) is 9.59 Å². The number of nitrogens with one attached hydrogen (secondary N) is 1. The Labute approximate surface area is 242 Å². The molecule has 0 aliphatic carbocycles. The molecule has 0 spiro atoms. The quantitative estimate of drug-likeness (QED) is 0.233. The van der Waals surface area contributed by atoms with Crippen molar-refractivity contribution in [2.45, 2.75) is 38.1 Å². The average molecular weight is 598 g/mol. The third kappa shape index (κ3) is 9.12. The fraction of sp³-hybridized carbons (Fsp3) is 0.286. The van der Waals surface area contributed by atoms with E-state index in [0.717, 1.165) is 23.1 Å². The van der Waals surface area contributed by atoms with E-state index in [1.807, 2.05) is 49.4 Å². The molecule has 1 N–H and O–H groups in total. The van der Waals surface area contributed by atoms with Crippen molar-refractivity contribution in [3.8, 4) is 0 Å². The van der Waals surface area contributed by atoms with Crippen molar-refractivity contribution in [3.05, 3.63) is 104 Å². The monoisotopic (exact) mass is 596 g/mol. The third-order valence-corrected chi connectivity index (χ3v) is 7.95. The predicted molar refractivity (Wildman–Crippen MR) is 157 cm³/mol. The van der Waals surface area contributed by atoms with Crippen molar-refractivity contribution in [3.63, 3.8) is 0 Å². The minimum Gasteiger partial charge on any atom is -0.354 e. The maximum Gasteiger partial charge on any atom is 0.243 e. The Kier molecular flexibility index (Phi) is 11.9. The molecule has 0 saturated heterocycles. The summed E-state index contributed by atoms with van der Waals surface area (Å²) >= 11 is 26.1. The van der Waals surface area contributed by atoms with E-state index < -0.39 is 6.04 Å². The molecular weight excluding hydrogens is 570 g/mol. The molecule has 0 aliphatic heterocycles. The second-order valence-corrected chi connectivity index (χ2v) is 11.1. The van der Waals surface area contributed by atoms with Crippen LogP contribution in [0.2, 0.25) is 20.1 Å². The van der Waals surface area contributed by atoms with Gasteiger partial charge in [-0.2, -0.15) is 0 Å². The smallest absolute Gasteiger partial charge is 0.243 e. The van der Waals surface area contributed by atoms with Crippen LogP contribution in [0.5, 0.6) is 0 Å². The molecule has 0 heterocycles. The first kappa shape index (κ1) is 29.7. The van der Waals surface area contributed by atoms with Gasteiger partial charge in [0.25, 0.3) is 0 Å². The van der Waals surface area contributed by atoms with Gasteiger partial charge in [0.15, 0.2) is 0 Å². The summed E-state index contributed by atoms with van der Waals surface area (Å²) in [5.74, 6) is 0.360. The summed E-state index contributed by atoms with van der Waals surface area (Å²) in [6.07, 6.45) is 1.18. The Morgan fingerprint density at radius 3 is 2.32 bits per heavy atom. The summed E-state index contributed by atoms with van der Waals surface area (Å²) < 4.78 is 0. The maximum atomic E-state index is 13.7. The first-order valence-electron chi connectivity index (χ1n) is 11.8. The lowest BCUT2D eigenvalue weighted by atomic mass is 10.0. The van der Waals surface area contributed by atoms with Gasteiger partial charge in [0.2, 0.25) is 11.8 Å². The molecule has 0 bridgehead atoms. The molecule has 0 unspecified atom stereocenters. The molecule has 0 fully saturated rings. The van der Waals surface area contributed by atoms with E-state index in [1.165, 1.54) is 11.8 Å². The van der Waals surface area contributed by atoms with Crippen LogP contribution in [-0.4, -0.2) is 35.1 Å². The molecule has 0 aliphatic rings. The molecule has 4 nitrogen and oxygen atoms in total. The largest absolute Gasteiger partial charge is 0.354 e. The van der Waals surface area contributed by atoms with Gasteiger partial charge in [-0.15, -0.1) is 11.8 Å². The molecule has 1 atom stereocenters. The summed E-state index contributed by atoms with van der Waals surface area (Å²) in [7, 11) is 0. The molecule has 9 heteroatoms. The highest BCUT2D eigenvalue weighted by molar-refractivity contribution is 7.99. The Hall–Kier alpha value is -1.89. The standard InChI is InChI=1S/C28H28Cl4N2O2S/c1-2-12-33-28(36)26(14-19-6-4-3-5-7-19)34(16-20-8-11-23(30)25(32)13-20)27(35)18-37-17-21-9-10-22(29)15-24(21)31/h3-11,13,15,26H,2,12,14,16-18H2,1H3,(H,33,36)/t26-/m0/s1. The number of halogens is 4. The van der Waals surface area contributed by atoms with Crippen LogP contribution in [-0.2, 0) is 28.3 Å². The van der Waals surface area contributed by atoms with Gasteiger partial charge in [0.05, 0.1) is 15.8 Å². The van der Waals surface area contributed by atoms with Crippen molar-refractivity contribution >= 4 is 70.0 Å². The number of carbonyl (C=O) groups is 2. The molecule has 196 valence electrons. The first-order valence-corrected chi connectivity index (χ1v) is 14.5. The molecule has 37 heavy (non-hydrogen) atoms. The second-order valence-electron chi connectivity index (χ2n) is 8.50. The molecule has 3 aromatic rings. The number of carbonyl (C=O) groups excluding carboxylic acids is 2. The highest BCUT2D eigenvalue weighted by Crippen LogP contribution is 2.27. The van der Waals surface area contributed by atoms with Crippen molar-refractivity contribution in [1.29, 1.82) is 0 Å². The van der Waals surface area contributed by atoms with Crippen LogP contribution >= 0.6 is 58.2 Å². The Morgan fingerprint density at radius 1 is 0.892 bits per heavy atom. The van der Waals surface area contributed by atoms with E-state index in [0.29, 0.717) is 38.8 Å². The fourth-order valence-corrected chi connectivity index (χ4v) is 5.51. The van der Waals surface area contributed by atoms with Crippen LogP contribution in [0.1, 0.15) is 30.0 Å². The van der Waals surface area contributed by atoms with Gasteiger partial charge in [-0.1, -0.05) is 95.8 Å². The molecule has 3 aromatic carbocycles. The first-order chi connectivity index (χ1) is 17.8. The average Bonchev–Trinajstić information content (AvgIpc) is 2.88. The Balaban J connectivity index is 1.86. The van der Waals surface area contributed by atoms with Gasteiger partial charge in [0, 0.05) is 35.3 Å². The predicted octanol–water partition coefficient (Wildman–Crippen LogP) is 7.70. The maximum absolute atomic E-state index is 13.7. The van der Waals surface area contributed by atoms with Gasteiger partial charge in [0.1, 0.15) is 6.04 Å². The highest BCUT2D eigenvalue weighted by Gasteiger charge is 2.30. The van der Waals surface area contributed by atoms with Gasteiger partial charge >= 0.3 is 0 Å². The molecule has 0 saturated carbocycles. The van der Waals surface area contributed by atoms with E-state index in [2.05, 4.69) is 5.32 Å². The molecule has 3 rings (SSSR count). The lowest BCUT2D eigenvalue weighted by Crippen LogP contribution is -2.51. The van der Waals surface area contributed by atoms with Crippen LogP contribution in [0.4, 0.5) is 0 Å². The minimum absolute atomic E-state index is 0.159. The SMILES string of the molecule is CCCNC(=O)[C@H](Cc1ccccc1)N(Cc1ccc(Cl)c(Cl)c1)C(=O)CSCc1ccc(Cl)cc1Cl. The van der Waals surface area contributed by atoms with Gasteiger partial charge < -0.3 is 10.2 Å². The van der Waals surface area contributed by atoms with E-state index in [-0.39, 0.29) is 24.1 Å². The van der Waals surface area contributed by atoms with Gasteiger partial charge in [-0.25, -0.2) is 0 Å². The summed E-state index contributed by atoms with van der Waals surface area (Å²) in [6, 6.07) is 19.5. The lowest BCUT2D eigenvalue weighted by Gasteiger charge is -2.31. The zero-order valence-electron chi connectivity index (χ0n) is 20.4. The van der Waals surface area contributed by atoms with Crippen molar-refractivity contribution < 1.29 is 9.59 Å². The topological polar surface area (TPSA) is 49.4 Å². The molecule has 0 aromatic heterocycles. The van der Waals surface area contributed by atoms with E-state index in [4.69, 9.17) is 46.4 Å². The van der Waals surface area contributed by atoms with Crippen LogP contribution in [0, 0.1) is 0 Å². The normalized spacial score (nSPS) is 11.7. The third-order valence-electron chi connectivity index (χ3n) is 5.66. The zero-order chi connectivity index (χ0) is 26.8. The fourth-order valence-electron chi connectivity index (χ4n) is 3.72. The number of thioether (sulfide) groups is 1. The highest BCUT2D eigenvalue weighted by atomic mass is 35.5. The Morgan fingerprint density at radius 2 is 1.65 bits per heavy atom. The molecule has 0 radical (unpaired) electrons. The summed E-state index contributed by atoms with van der Waals surface area (Å²) in [5, 5.41) is 4.92. The number of benzene rings is 3. The van der Waals surface area contributed by atoms with Gasteiger partial charge in [-0.3, -0.25) is 9.59 Å². The summed E-state index contributed by atoms with van der Waals surface area (Å²) in [5.41, 5.74) is 2.64. The van der Waals surface area contributed by atoms with Crippen LogP contribution in [0.25, 0.3) is 0 Å². The van der Waals surface area contributed by atoms with Crippen LogP contribution < -0.4 is 5.32 Å². The van der Waals surface area contributed by atoms with E-state index in [1.54, 1.807) is 29.2 Å². The number of nitrogens with zero attached hydrogens (tertiary/aromatic N) is 1. The second kappa shape index (κ2) is 14.9. The number of hydrogen-bond acceptors (Lipinski definition) is 3. The van der Waals surface area contributed by atoms with Crippen molar-refractivity contribution in [2.75, 3.05) is 12.3 Å². The Bertz CT molecular complexity index is 1210. The van der Waals surface area contributed by atoms with Gasteiger partial charge in [-0.05, 0) is 47.4 Å². The summed E-state index contributed by atoms with van der Waals surface area (Å²) in [6.45, 7) is 2.74. The molecular formula is C28H28Cl4N2O2S. The van der Waals surface area contributed by atoms with E-state index >= 15 is 0 Å². The van der Waals surface area contributed by atoms with Crippen molar-refractivity contribution in [2.24, 2.45) is 0 Å². The number of hydrogen-bond donors (Lipinski definition) is 1. The van der Waals surface area contributed by atoms with Crippen molar-refractivity contribution in [1.82, 2.24) is 10.2 Å². The van der Waals surface area contributed by atoms with Crippen LogP contribution in [0.15, 0.2) is 66.7 Å². The van der Waals surface area contributed by atoms with Crippen LogP contribution in [0.3, 0.4) is 0 Å². The number of amides is 2. The minimum atomic E-state index is -0.698. The number of rotatable bonds is 12. The molecule has 2 amide bonds. The zero-order valence-corrected chi connectivity index (χ0v) is 24.2.